The summed E-state index contributed by atoms with van der Waals surface area (Å²) in [5, 5.41) is 13.7. The SMILES string of the molecule is N#Cc1cccc(-c2nc(N)n3nc(Cc4ccccc4Br)nc3c2I)c1. The molecule has 6 nitrogen and oxygen atoms in total. The normalized spacial score (nSPS) is 10.9. The number of anilines is 1. The molecule has 0 unspecified atom stereocenters. The van der Waals surface area contributed by atoms with Crippen molar-refractivity contribution in [1.29, 1.82) is 5.26 Å². The molecule has 0 amide bonds. The van der Waals surface area contributed by atoms with E-state index in [0.717, 1.165) is 19.2 Å². The molecule has 0 saturated heterocycles. The molecule has 0 aliphatic carbocycles. The third-order valence-electron chi connectivity index (χ3n) is 4.07. The van der Waals surface area contributed by atoms with Crippen molar-refractivity contribution in [2.75, 3.05) is 5.73 Å². The molecule has 0 aliphatic rings. The van der Waals surface area contributed by atoms with Gasteiger partial charge in [-0.2, -0.15) is 9.78 Å². The second kappa shape index (κ2) is 7.25. The first-order valence-electron chi connectivity index (χ1n) is 8.01. The quantitative estimate of drug-likeness (QED) is 0.401. The van der Waals surface area contributed by atoms with Crippen molar-refractivity contribution in [2.24, 2.45) is 0 Å². The van der Waals surface area contributed by atoms with Crippen LogP contribution in [0.1, 0.15) is 17.0 Å². The van der Waals surface area contributed by atoms with Gasteiger partial charge in [-0.05, 0) is 46.4 Å². The number of rotatable bonds is 3. The van der Waals surface area contributed by atoms with Crippen LogP contribution in [0.15, 0.2) is 53.0 Å². The molecule has 2 aromatic heterocycles. The lowest BCUT2D eigenvalue weighted by Crippen LogP contribution is -2.06. The summed E-state index contributed by atoms with van der Waals surface area (Å²) in [5.41, 5.74) is 9.98. The van der Waals surface area contributed by atoms with Crippen LogP contribution in [0, 0.1) is 14.9 Å². The van der Waals surface area contributed by atoms with Gasteiger partial charge in [-0.25, -0.2) is 9.97 Å². The van der Waals surface area contributed by atoms with Crippen LogP contribution in [-0.2, 0) is 6.42 Å². The number of nitrogens with two attached hydrogens (primary N) is 1. The van der Waals surface area contributed by atoms with Gasteiger partial charge < -0.3 is 5.73 Å². The smallest absolute Gasteiger partial charge is 0.223 e. The Morgan fingerprint density at radius 2 is 1.96 bits per heavy atom. The number of nitrogens with zero attached hydrogens (tertiary/aromatic N) is 5. The Morgan fingerprint density at radius 3 is 2.74 bits per heavy atom. The Kier molecular flexibility index (Phi) is 4.80. The summed E-state index contributed by atoms with van der Waals surface area (Å²) in [6, 6.07) is 17.4. The first kappa shape index (κ1) is 17.9. The fourth-order valence-corrected chi connectivity index (χ4v) is 3.99. The maximum atomic E-state index is 9.14. The van der Waals surface area contributed by atoms with Gasteiger partial charge in [-0.1, -0.05) is 46.3 Å². The van der Waals surface area contributed by atoms with Gasteiger partial charge in [0.05, 0.1) is 20.9 Å². The fourth-order valence-electron chi connectivity index (χ4n) is 2.79. The fraction of sp³-hybridized carbons (Fsp3) is 0.0526. The third-order valence-corrected chi connectivity index (χ3v) is 5.84. The lowest BCUT2D eigenvalue weighted by molar-refractivity contribution is 0.888. The summed E-state index contributed by atoms with van der Waals surface area (Å²) in [5.74, 6) is 0.921. The Balaban J connectivity index is 1.82. The van der Waals surface area contributed by atoms with Gasteiger partial charge in [0.2, 0.25) is 5.95 Å². The molecule has 2 heterocycles. The molecule has 0 aliphatic heterocycles. The van der Waals surface area contributed by atoms with Crippen LogP contribution >= 0.6 is 38.5 Å². The van der Waals surface area contributed by atoms with E-state index in [9.17, 15) is 0 Å². The van der Waals surface area contributed by atoms with Crippen molar-refractivity contribution >= 4 is 50.1 Å². The van der Waals surface area contributed by atoms with E-state index in [2.05, 4.69) is 59.7 Å². The van der Waals surface area contributed by atoms with E-state index < -0.39 is 0 Å². The van der Waals surface area contributed by atoms with Gasteiger partial charge in [0, 0.05) is 16.5 Å². The molecule has 0 saturated carbocycles. The van der Waals surface area contributed by atoms with Gasteiger partial charge in [0.15, 0.2) is 11.5 Å². The number of aromatic nitrogens is 4. The number of benzene rings is 2. The molecule has 2 aromatic carbocycles. The standard InChI is InChI=1S/C19H12BrIN6/c20-14-7-2-1-5-12(14)9-15-24-18-16(21)17(25-19(23)27(18)26-15)13-6-3-4-11(8-13)10-22/h1-8H,9H2,(H2,23,25). The van der Waals surface area contributed by atoms with Crippen molar-refractivity contribution in [2.45, 2.75) is 6.42 Å². The minimum Gasteiger partial charge on any atom is -0.368 e. The van der Waals surface area contributed by atoms with Crippen LogP contribution < -0.4 is 5.73 Å². The summed E-state index contributed by atoms with van der Waals surface area (Å²) in [6.45, 7) is 0. The first-order chi connectivity index (χ1) is 13.1. The second-order valence-corrected chi connectivity index (χ2v) is 7.79. The maximum absolute atomic E-state index is 9.14. The van der Waals surface area contributed by atoms with Crippen molar-refractivity contribution < 1.29 is 0 Å². The molecule has 0 bridgehead atoms. The molecular formula is C19H12BrIN6. The highest BCUT2D eigenvalue weighted by molar-refractivity contribution is 14.1. The molecule has 132 valence electrons. The summed E-state index contributed by atoms with van der Waals surface area (Å²) in [7, 11) is 0. The topological polar surface area (TPSA) is 92.9 Å². The monoisotopic (exact) mass is 530 g/mol. The van der Waals surface area contributed by atoms with E-state index in [-0.39, 0.29) is 5.95 Å². The van der Waals surface area contributed by atoms with Gasteiger partial charge in [-0.15, -0.1) is 5.10 Å². The Morgan fingerprint density at radius 1 is 1.15 bits per heavy atom. The number of halogens is 2. The number of hydrogen-bond acceptors (Lipinski definition) is 5. The maximum Gasteiger partial charge on any atom is 0.223 e. The number of fused-ring (bicyclic) bond motifs is 1. The number of nitriles is 1. The van der Waals surface area contributed by atoms with Gasteiger partial charge in [-0.3, -0.25) is 0 Å². The molecule has 0 fully saturated rings. The van der Waals surface area contributed by atoms with Crippen LogP contribution in [0.5, 0.6) is 0 Å². The molecule has 0 atom stereocenters. The van der Waals surface area contributed by atoms with E-state index in [0.29, 0.717) is 29.1 Å². The van der Waals surface area contributed by atoms with Crippen LogP contribution in [0.2, 0.25) is 0 Å². The molecule has 2 N–H and O–H groups in total. The second-order valence-electron chi connectivity index (χ2n) is 5.86. The van der Waals surface area contributed by atoms with Crippen LogP contribution in [0.4, 0.5) is 5.95 Å². The van der Waals surface area contributed by atoms with Crippen LogP contribution in [0.3, 0.4) is 0 Å². The summed E-state index contributed by atoms with van der Waals surface area (Å²) in [6.07, 6.45) is 0.581. The Hall–Kier alpha value is -2.51. The summed E-state index contributed by atoms with van der Waals surface area (Å²) >= 11 is 5.76. The zero-order chi connectivity index (χ0) is 19.0. The molecule has 4 rings (SSSR count). The Labute approximate surface area is 177 Å². The van der Waals surface area contributed by atoms with Gasteiger partial charge in [0.1, 0.15) is 0 Å². The van der Waals surface area contributed by atoms with Crippen molar-refractivity contribution in [3.63, 3.8) is 0 Å². The lowest BCUT2D eigenvalue weighted by atomic mass is 10.1. The lowest BCUT2D eigenvalue weighted by Gasteiger charge is -2.07. The molecule has 0 spiro atoms. The van der Waals surface area contributed by atoms with Gasteiger partial charge in [0.25, 0.3) is 0 Å². The van der Waals surface area contributed by atoms with Gasteiger partial charge >= 0.3 is 0 Å². The molecule has 0 radical (unpaired) electrons. The van der Waals surface area contributed by atoms with E-state index in [1.54, 1.807) is 16.6 Å². The number of hydrogen-bond donors (Lipinski definition) is 1. The average molecular weight is 531 g/mol. The minimum atomic E-state index is 0.258. The van der Waals surface area contributed by atoms with E-state index in [1.807, 2.05) is 36.4 Å². The van der Waals surface area contributed by atoms with Crippen molar-refractivity contribution in [3.05, 3.63) is 73.5 Å². The van der Waals surface area contributed by atoms with Crippen molar-refractivity contribution in [3.8, 4) is 17.3 Å². The third kappa shape index (κ3) is 3.40. The van der Waals surface area contributed by atoms with E-state index in [1.165, 1.54) is 0 Å². The average Bonchev–Trinajstić information content (AvgIpc) is 3.11. The molecule has 4 aromatic rings. The zero-order valence-electron chi connectivity index (χ0n) is 13.9. The molecule has 8 heteroatoms. The highest BCUT2D eigenvalue weighted by atomic mass is 127. The first-order valence-corrected chi connectivity index (χ1v) is 9.88. The zero-order valence-corrected chi connectivity index (χ0v) is 17.6. The predicted molar refractivity (Wildman–Crippen MR) is 115 cm³/mol. The molecular weight excluding hydrogens is 519 g/mol. The highest BCUT2D eigenvalue weighted by Gasteiger charge is 2.17. The summed E-state index contributed by atoms with van der Waals surface area (Å²) < 4.78 is 3.41. The van der Waals surface area contributed by atoms with E-state index >= 15 is 0 Å². The minimum absolute atomic E-state index is 0.258. The summed E-state index contributed by atoms with van der Waals surface area (Å²) in [4.78, 5) is 9.17. The predicted octanol–water partition coefficient (Wildman–Crippen LogP) is 4.20. The van der Waals surface area contributed by atoms with Crippen LogP contribution in [-0.4, -0.2) is 19.6 Å². The molecule has 27 heavy (non-hydrogen) atoms. The largest absolute Gasteiger partial charge is 0.368 e. The van der Waals surface area contributed by atoms with E-state index in [4.69, 9.17) is 11.0 Å². The van der Waals surface area contributed by atoms with Crippen molar-refractivity contribution in [1.82, 2.24) is 19.6 Å². The highest BCUT2D eigenvalue weighted by Crippen LogP contribution is 2.28. The number of nitrogen functional groups attached to an aromatic ring is 1. The Bertz CT molecular complexity index is 1210. The van der Waals surface area contributed by atoms with Crippen LogP contribution in [0.25, 0.3) is 16.9 Å².